The number of carbonyl (C=O) groups is 2. The van der Waals surface area contributed by atoms with E-state index in [-0.39, 0.29) is 44.2 Å². The Balaban J connectivity index is -0.00000169. The summed E-state index contributed by atoms with van der Waals surface area (Å²) in [5.41, 5.74) is 1.65. The smallest absolute Gasteiger partial charge is 0.243 e. The molecule has 0 bridgehead atoms. The van der Waals surface area contributed by atoms with Crippen molar-refractivity contribution in [2.75, 3.05) is 33.7 Å². The molecule has 1 fully saturated rings. The van der Waals surface area contributed by atoms with E-state index >= 15 is 0 Å². The summed E-state index contributed by atoms with van der Waals surface area (Å²) in [6, 6.07) is 3.45. The van der Waals surface area contributed by atoms with Crippen LogP contribution >= 0.6 is 24.0 Å². The van der Waals surface area contributed by atoms with Gasteiger partial charge in [0.2, 0.25) is 11.8 Å². The van der Waals surface area contributed by atoms with Crippen LogP contribution in [-0.2, 0) is 9.59 Å². The number of nitrogens with one attached hydrogen (secondary N) is 3. The monoisotopic (exact) mass is 664 g/mol. The molecule has 2 amide bonds. The number of hydrogen-bond donors (Lipinski definition) is 3. The lowest BCUT2D eigenvalue weighted by molar-refractivity contribution is -0.129. The Morgan fingerprint density at radius 2 is 1.79 bits per heavy atom. The summed E-state index contributed by atoms with van der Waals surface area (Å²) < 4.78 is 14.0. The number of fused-ring (bicyclic) bond motifs is 1. The molecule has 0 radical (unpaired) electrons. The Labute approximate surface area is 254 Å². The molecule has 3 N–H and O–H groups in total. The molecule has 1 aromatic heterocycles. The molecule has 0 spiro atoms. The first-order valence-corrected chi connectivity index (χ1v) is 14.0. The quantitative estimate of drug-likeness (QED) is 0.261. The molecular formula is C29H54FIN6O2. The molecule has 10 heteroatoms. The summed E-state index contributed by atoms with van der Waals surface area (Å²) in [6.07, 6.45) is 5.28. The third-order valence-corrected chi connectivity index (χ3v) is 5.93. The van der Waals surface area contributed by atoms with E-state index in [1.165, 1.54) is 18.9 Å². The van der Waals surface area contributed by atoms with Crippen molar-refractivity contribution >= 4 is 46.8 Å². The standard InChI is InChI=1S/C24H35FN6O2.C3H8.C2H6.HI.2H2/c1-16(31-12-6-5-7-13-31)15-20(27-21(32)11-14-30(3)4)24(33)26-17(2)23-28-19-10-8-9-18(25)22(19)29-23;1-3-2;1-2;;;/h8-10,17,20H,1,5-7,11-15H2,2-4H3,(H,26,33)(H,27,32)(H,28,29);3H2,1-2H3;1-2H3;3*1H/t17-,20-;;;;;/m0...../s1. The average molecular weight is 665 g/mol. The number of carbonyl (C=O) groups excluding carboxylic acids is 2. The van der Waals surface area contributed by atoms with Gasteiger partial charge in [0.1, 0.15) is 17.4 Å². The fourth-order valence-corrected chi connectivity index (χ4v) is 3.98. The SMILES string of the molecule is C=C(C[C@H](NC(=O)CCN(C)C)C(=O)N[C@@H](C)c1nc2c(F)cccc2[nH]1)N1CCCCC1.CC.CCC.I.[HH].[HH]. The molecule has 226 valence electrons. The summed E-state index contributed by atoms with van der Waals surface area (Å²) >= 11 is 0. The highest BCUT2D eigenvalue weighted by molar-refractivity contribution is 14.0. The predicted molar refractivity (Wildman–Crippen MR) is 174 cm³/mol. The third kappa shape index (κ3) is 12.7. The van der Waals surface area contributed by atoms with Crippen molar-refractivity contribution in [3.63, 3.8) is 0 Å². The first kappa shape index (κ1) is 36.8. The highest BCUT2D eigenvalue weighted by Crippen LogP contribution is 2.20. The lowest BCUT2D eigenvalue weighted by atomic mass is 10.1. The number of piperidine rings is 1. The minimum Gasteiger partial charge on any atom is -0.375 e. The fraction of sp³-hybridized carbons (Fsp3) is 0.621. The lowest BCUT2D eigenvalue weighted by Crippen LogP contribution is -2.49. The number of rotatable bonds is 10. The molecule has 0 saturated carbocycles. The van der Waals surface area contributed by atoms with Gasteiger partial charge in [-0.15, -0.1) is 24.0 Å². The van der Waals surface area contributed by atoms with Crippen molar-refractivity contribution in [3.05, 3.63) is 42.1 Å². The van der Waals surface area contributed by atoms with Gasteiger partial charge in [0, 0.05) is 41.0 Å². The number of nitrogens with zero attached hydrogens (tertiary/aromatic N) is 3. The first-order chi connectivity index (χ1) is 18.2. The normalized spacial score (nSPS) is 14.1. The van der Waals surface area contributed by atoms with Crippen LogP contribution in [0.4, 0.5) is 4.39 Å². The predicted octanol–water partition coefficient (Wildman–Crippen LogP) is 6.26. The molecule has 1 aromatic carbocycles. The van der Waals surface area contributed by atoms with Crippen molar-refractivity contribution in [1.29, 1.82) is 0 Å². The second-order valence-electron chi connectivity index (χ2n) is 9.69. The number of aromatic nitrogens is 2. The van der Waals surface area contributed by atoms with E-state index in [0.717, 1.165) is 31.6 Å². The zero-order chi connectivity index (χ0) is 28.7. The number of likely N-dealkylation sites (tertiary alicyclic amines) is 1. The Kier molecular flexibility index (Phi) is 18.7. The maximum absolute atomic E-state index is 14.0. The molecule has 3 rings (SSSR count). The number of para-hydroxylation sites is 1. The molecular weight excluding hydrogens is 610 g/mol. The zero-order valence-electron chi connectivity index (χ0n) is 24.9. The minimum atomic E-state index is -0.752. The summed E-state index contributed by atoms with van der Waals surface area (Å²) in [4.78, 5) is 37.2. The van der Waals surface area contributed by atoms with Crippen molar-refractivity contribution < 1.29 is 16.8 Å². The number of H-pyrrole nitrogens is 1. The van der Waals surface area contributed by atoms with Gasteiger partial charge in [-0.25, -0.2) is 9.37 Å². The molecule has 1 saturated heterocycles. The molecule has 2 atom stereocenters. The highest BCUT2D eigenvalue weighted by atomic mass is 127. The van der Waals surface area contributed by atoms with Crippen molar-refractivity contribution in [2.45, 2.75) is 85.2 Å². The van der Waals surface area contributed by atoms with Crippen LogP contribution in [0, 0.1) is 5.82 Å². The van der Waals surface area contributed by atoms with Crippen molar-refractivity contribution in [2.24, 2.45) is 0 Å². The van der Waals surface area contributed by atoms with Crippen LogP contribution in [-0.4, -0.2) is 71.4 Å². The van der Waals surface area contributed by atoms with Gasteiger partial charge in [-0.2, -0.15) is 0 Å². The number of imidazole rings is 1. The summed E-state index contributed by atoms with van der Waals surface area (Å²) in [6.45, 7) is 16.6. The van der Waals surface area contributed by atoms with Crippen LogP contribution in [0.2, 0.25) is 0 Å². The van der Waals surface area contributed by atoms with Gasteiger partial charge in [0.15, 0.2) is 5.82 Å². The van der Waals surface area contributed by atoms with E-state index in [2.05, 4.69) is 45.9 Å². The van der Waals surface area contributed by atoms with Crippen molar-refractivity contribution in [1.82, 2.24) is 30.4 Å². The Hall–Kier alpha value is -2.21. The summed E-state index contributed by atoms with van der Waals surface area (Å²) in [5.74, 6) is -0.470. The van der Waals surface area contributed by atoms with Gasteiger partial charge in [0.25, 0.3) is 0 Å². The van der Waals surface area contributed by atoms with E-state index in [9.17, 15) is 14.0 Å². The number of hydrogen-bond acceptors (Lipinski definition) is 5. The molecule has 39 heavy (non-hydrogen) atoms. The highest BCUT2D eigenvalue weighted by Gasteiger charge is 2.26. The van der Waals surface area contributed by atoms with Gasteiger partial charge in [-0.3, -0.25) is 9.59 Å². The largest absolute Gasteiger partial charge is 0.375 e. The van der Waals surface area contributed by atoms with Crippen LogP contribution in [0.1, 0.15) is 87.9 Å². The minimum absolute atomic E-state index is 0. The van der Waals surface area contributed by atoms with E-state index in [1.54, 1.807) is 19.1 Å². The first-order valence-electron chi connectivity index (χ1n) is 14.0. The van der Waals surface area contributed by atoms with E-state index < -0.39 is 17.9 Å². The van der Waals surface area contributed by atoms with E-state index in [4.69, 9.17) is 0 Å². The number of amides is 2. The molecule has 2 heterocycles. The molecule has 0 unspecified atom stereocenters. The second-order valence-corrected chi connectivity index (χ2v) is 9.69. The molecule has 1 aliphatic rings. The molecule has 0 aliphatic carbocycles. The maximum atomic E-state index is 14.0. The van der Waals surface area contributed by atoms with Gasteiger partial charge in [0.05, 0.1) is 11.6 Å². The maximum Gasteiger partial charge on any atom is 0.243 e. The van der Waals surface area contributed by atoms with E-state index in [0.29, 0.717) is 30.7 Å². The van der Waals surface area contributed by atoms with Gasteiger partial charge >= 0.3 is 0 Å². The van der Waals surface area contributed by atoms with Crippen LogP contribution < -0.4 is 10.6 Å². The Morgan fingerprint density at radius 3 is 2.36 bits per heavy atom. The van der Waals surface area contributed by atoms with Crippen LogP contribution in [0.25, 0.3) is 11.0 Å². The number of aromatic amines is 1. The number of halogens is 2. The van der Waals surface area contributed by atoms with Gasteiger partial charge in [-0.1, -0.05) is 46.8 Å². The summed E-state index contributed by atoms with van der Waals surface area (Å²) in [5, 5.41) is 5.79. The van der Waals surface area contributed by atoms with Crippen LogP contribution in [0.5, 0.6) is 0 Å². The van der Waals surface area contributed by atoms with Gasteiger partial charge in [-0.05, 0) is 52.4 Å². The molecule has 1 aliphatic heterocycles. The topological polar surface area (TPSA) is 93.4 Å². The van der Waals surface area contributed by atoms with Crippen LogP contribution in [0.15, 0.2) is 30.5 Å². The number of benzene rings is 1. The lowest BCUT2D eigenvalue weighted by Gasteiger charge is -2.32. The second kappa shape index (κ2) is 19.8. The van der Waals surface area contributed by atoms with E-state index in [1.807, 2.05) is 32.8 Å². The molecule has 8 nitrogen and oxygen atoms in total. The van der Waals surface area contributed by atoms with Gasteiger partial charge < -0.3 is 25.4 Å². The van der Waals surface area contributed by atoms with Crippen LogP contribution in [0.3, 0.4) is 0 Å². The Bertz CT molecular complexity index is 1020. The van der Waals surface area contributed by atoms with Crippen molar-refractivity contribution in [3.8, 4) is 0 Å². The third-order valence-electron chi connectivity index (χ3n) is 5.93. The Morgan fingerprint density at radius 1 is 1.18 bits per heavy atom. The zero-order valence-corrected chi connectivity index (χ0v) is 27.2. The fourth-order valence-electron chi connectivity index (χ4n) is 3.98. The average Bonchev–Trinajstić information content (AvgIpc) is 3.35. The summed E-state index contributed by atoms with van der Waals surface area (Å²) in [7, 11) is 3.79. The molecule has 2 aromatic rings.